The predicted octanol–water partition coefficient (Wildman–Crippen LogP) is 2.04. The van der Waals surface area contributed by atoms with Gasteiger partial charge in [-0.1, -0.05) is 6.07 Å². The molecule has 0 bridgehead atoms. The van der Waals surface area contributed by atoms with E-state index in [2.05, 4.69) is 0 Å². The van der Waals surface area contributed by atoms with Crippen LogP contribution >= 0.6 is 0 Å². The van der Waals surface area contributed by atoms with E-state index in [9.17, 15) is 9.59 Å². The van der Waals surface area contributed by atoms with Crippen molar-refractivity contribution in [3.05, 3.63) is 45.3 Å². The van der Waals surface area contributed by atoms with E-state index in [1.54, 1.807) is 6.07 Å². The van der Waals surface area contributed by atoms with Crippen LogP contribution in [-0.2, 0) is 11.2 Å². The van der Waals surface area contributed by atoms with E-state index in [0.29, 0.717) is 11.1 Å². The van der Waals surface area contributed by atoms with Crippen LogP contribution in [0.4, 0.5) is 0 Å². The first-order chi connectivity index (χ1) is 7.97. The number of carboxylic acids is 1. The summed E-state index contributed by atoms with van der Waals surface area (Å²) in [7, 11) is 0. The van der Waals surface area contributed by atoms with Gasteiger partial charge in [0.25, 0.3) is 0 Å². The maximum absolute atomic E-state index is 11.3. The van der Waals surface area contributed by atoms with Crippen LogP contribution in [0.2, 0.25) is 0 Å². The molecule has 4 nitrogen and oxygen atoms in total. The quantitative estimate of drug-likeness (QED) is 0.804. The summed E-state index contributed by atoms with van der Waals surface area (Å²) < 4.78 is 5.10. The van der Waals surface area contributed by atoms with Gasteiger partial charge in [0, 0.05) is 11.5 Å². The molecule has 2 rings (SSSR count). The van der Waals surface area contributed by atoms with Gasteiger partial charge in [-0.3, -0.25) is 4.79 Å². The van der Waals surface area contributed by atoms with Crippen LogP contribution in [0.3, 0.4) is 0 Å². The summed E-state index contributed by atoms with van der Waals surface area (Å²) in [6.45, 7) is 3.77. The minimum absolute atomic E-state index is 0.175. The Kier molecular flexibility index (Phi) is 2.71. The predicted molar refractivity (Wildman–Crippen MR) is 63.3 cm³/mol. The standard InChI is InChI=1S/C13H12O4/c1-7-3-8(2)13-9(5-11(14)15)6-12(16)17-10(13)4-7/h3-4,6H,5H2,1-2H3,(H,14,15). The fraction of sp³-hybridized carbons (Fsp3) is 0.231. The molecule has 1 aromatic carbocycles. The third kappa shape index (κ3) is 2.20. The Labute approximate surface area is 97.5 Å². The lowest BCUT2D eigenvalue weighted by atomic mass is 10.0. The van der Waals surface area contributed by atoms with Crippen LogP contribution < -0.4 is 5.63 Å². The second-order valence-corrected chi connectivity index (χ2v) is 4.12. The highest BCUT2D eigenvalue weighted by molar-refractivity contribution is 5.87. The Bertz CT molecular complexity index is 652. The molecule has 0 unspecified atom stereocenters. The van der Waals surface area contributed by atoms with Gasteiger partial charge in [0.2, 0.25) is 0 Å². The van der Waals surface area contributed by atoms with Crippen molar-refractivity contribution in [1.82, 2.24) is 0 Å². The van der Waals surface area contributed by atoms with Gasteiger partial charge in [-0.2, -0.15) is 0 Å². The summed E-state index contributed by atoms with van der Waals surface area (Å²) in [6, 6.07) is 4.93. The van der Waals surface area contributed by atoms with E-state index in [0.717, 1.165) is 16.5 Å². The van der Waals surface area contributed by atoms with Crippen molar-refractivity contribution >= 4 is 16.9 Å². The smallest absolute Gasteiger partial charge is 0.336 e. The molecular weight excluding hydrogens is 220 g/mol. The molecule has 1 aromatic heterocycles. The topological polar surface area (TPSA) is 67.5 Å². The summed E-state index contributed by atoms with van der Waals surface area (Å²) in [5.41, 5.74) is 2.33. The first kappa shape index (κ1) is 11.4. The van der Waals surface area contributed by atoms with Crippen LogP contribution in [0.15, 0.2) is 27.4 Å². The number of aliphatic carboxylic acids is 1. The second-order valence-electron chi connectivity index (χ2n) is 4.12. The molecule has 0 amide bonds. The SMILES string of the molecule is Cc1cc(C)c2c(CC(=O)O)cc(=O)oc2c1. The summed E-state index contributed by atoms with van der Waals surface area (Å²) in [6.07, 6.45) is -0.175. The van der Waals surface area contributed by atoms with Crippen molar-refractivity contribution in [3.63, 3.8) is 0 Å². The van der Waals surface area contributed by atoms with E-state index in [-0.39, 0.29) is 6.42 Å². The Morgan fingerprint density at radius 1 is 1.29 bits per heavy atom. The van der Waals surface area contributed by atoms with Crippen LogP contribution in [-0.4, -0.2) is 11.1 Å². The molecule has 1 heterocycles. The molecule has 0 saturated carbocycles. The normalized spacial score (nSPS) is 10.7. The van der Waals surface area contributed by atoms with Crippen LogP contribution in [0.1, 0.15) is 16.7 Å². The van der Waals surface area contributed by atoms with E-state index >= 15 is 0 Å². The fourth-order valence-electron chi connectivity index (χ4n) is 2.08. The average molecular weight is 232 g/mol. The van der Waals surface area contributed by atoms with Crippen molar-refractivity contribution < 1.29 is 14.3 Å². The maximum Gasteiger partial charge on any atom is 0.336 e. The van der Waals surface area contributed by atoms with Gasteiger partial charge in [0.05, 0.1) is 6.42 Å². The van der Waals surface area contributed by atoms with Gasteiger partial charge in [0.15, 0.2) is 0 Å². The second kappa shape index (κ2) is 4.05. The number of carboxylic acid groups (broad SMARTS) is 1. The first-order valence-corrected chi connectivity index (χ1v) is 5.23. The monoisotopic (exact) mass is 232 g/mol. The van der Waals surface area contributed by atoms with E-state index < -0.39 is 11.6 Å². The number of hydrogen-bond acceptors (Lipinski definition) is 3. The summed E-state index contributed by atoms with van der Waals surface area (Å²) in [5, 5.41) is 9.55. The van der Waals surface area contributed by atoms with Gasteiger partial charge in [-0.15, -0.1) is 0 Å². The van der Waals surface area contributed by atoms with E-state index in [4.69, 9.17) is 9.52 Å². The van der Waals surface area contributed by atoms with Crippen LogP contribution in [0.5, 0.6) is 0 Å². The van der Waals surface area contributed by atoms with Crippen molar-refractivity contribution in [1.29, 1.82) is 0 Å². The molecule has 0 aliphatic heterocycles. The largest absolute Gasteiger partial charge is 0.481 e. The Morgan fingerprint density at radius 3 is 2.65 bits per heavy atom. The fourth-order valence-corrected chi connectivity index (χ4v) is 2.08. The molecular formula is C13H12O4. The molecule has 1 N–H and O–H groups in total. The third-order valence-electron chi connectivity index (χ3n) is 2.61. The molecule has 0 fully saturated rings. The molecule has 0 aliphatic rings. The Morgan fingerprint density at radius 2 is 2.00 bits per heavy atom. The molecule has 0 atom stereocenters. The number of hydrogen-bond donors (Lipinski definition) is 1. The van der Waals surface area contributed by atoms with Crippen molar-refractivity contribution in [2.75, 3.05) is 0 Å². The molecule has 4 heteroatoms. The first-order valence-electron chi connectivity index (χ1n) is 5.23. The average Bonchev–Trinajstić information content (AvgIpc) is 2.13. The number of benzene rings is 1. The zero-order chi connectivity index (χ0) is 12.6. The van der Waals surface area contributed by atoms with Gasteiger partial charge < -0.3 is 9.52 Å². The lowest BCUT2D eigenvalue weighted by Crippen LogP contribution is -2.07. The number of aryl methyl sites for hydroxylation is 2. The molecule has 2 aromatic rings. The Balaban J connectivity index is 2.82. The highest BCUT2D eigenvalue weighted by atomic mass is 16.4. The minimum atomic E-state index is -0.961. The van der Waals surface area contributed by atoms with Crippen molar-refractivity contribution in [2.45, 2.75) is 20.3 Å². The summed E-state index contributed by atoms with van der Waals surface area (Å²) in [4.78, 5) is 22.1. The van der Waals surface area contributed by atoms with Crippen molar-refractivity contribution in [2.24, 2.45) is 0 Å². The van der Waals surface area contributed by atoms with Crippen molar-refractivity contribution in [3.8, 4) is 0 Å². The highest BCUT2D eigenvalue weighted by Crippen LogP contribution is 2.23. The van der Waals surface area contributed by atoms with Gasteiger partial charge in [-0.25, -0.2) is 4.79 Å². The maximum atomic E-state index is 11.3. The van der Waals surface area contributed by atoms with E-state index in [1.807, 2.05) is 19.9 Å². The van der Waals surface area contributed by atoms with Crippen LogP contribution in [0.25, 0.3) is 11.0 Å². The molecule has 0 radical (unpaired) electrons. The molecule has 0 spiro atoms. The lowest BCUT2D eigenvalue weighted by molar-refractivity contribution is -0.136. The number of fused-ring (bicyclic) bond motifs is 1. The minimum Gasteiger partial charge on any atom is -0.481 e. The highest BCUT2D eigenvalue weighted by Gasteiger charge is 2.11. The zero-order valence-electron chi connectivity index (χ0n) is 9.61. The number of carbonyl (C=O) groups is 1. The Hall–Kier alpha value is -2.10. The summed E-state index contributed by atoms with van der Waals surface area (Å²) >= 11 is 0. The van der Waals surface area contributed by atoms with Gasteiger partial charge >= 0.3 is 11.6 Å². The van der Waals surface area contributed by atoms with Gasteiger partial charge in [-0.05, 0) is 36.6 Å². The molecule has 0 saturated heterocycles. The lowest BCUT2D eigenvalue weighted by Gasteiger charge is -2.07. The van der Waals surface area contributed by atoms with E-state index in [1.165, 1.54) is 6.07 Å². The molecule has 88 valence electrons. The van der Waals surface area contributed by atoms with Crippen LogP contribution in [0, 0.1) is 13.8 Å². The van der Waals surface area contributed by atoms with Gasteiger partial charge in [0.1, 0.15) is 5.58 Å². The zero-order valence-corrected chi connectivity index (χ0v) is 9.61. The number of rotatable bonds is 2. The summed E-state index contributed by atoms with van der Waals surface area (Å²) in [5.74, 6) is -0.961. The molecule has 17 heavy (non-hydrogen) atoms. The molecule has 0 aliphatic carbocycles. The third-order valence-corrected chi connectivity index (χ3v) is 2.61.